The molecule has 1 fully saturated rings. The molecule has 6 heteroatoms. The number of nitrogens with one attached hydrogen (secondary N) is 1. The number of hydrogen-bond donors (Lipinski definition) is 1. The molecule has 0 bridgehead atoms. The number of nitrogens with zero attached hydrogens (tertiary/aromatic N) is 2. The lowest BCUT2D eigenvalue weighted by Gasteiger charge is -2.35. The minimum absolute atomic E-state index is 0.129. The van der Waals surface area contributed by atoms with Gasteiger partial charge in [-0.15, -0.1) is 0 Å². The third-order valence-corrected chi connectivity index (χ3v) is 3.53. The first-order chi connectivity index (χ1) is 9.99. The van der Waals surface area contributed by atoms with Crippen LogP contribution in [0.3, 0.4) is 0 Å². The zero-order valence-corrected chi connectivity index (χ0v) is 12.8. The summed E-state index contributed by atoms with van der Waals surface area (Å²) >= 11 is 0. The molecule has 1 heterocycles. The number of nitro benzene ring substituents is 1. The summed E-state index contributed by atoms with van der Waals surface area (Å²) in [5.74, 6) is 0. The Bertz CT molecular complexity index is 497. The average Bonchev–Trinajstić information content (AvgIpc) is 2.37. The van der Waals surface area contributed by atoms with Crippen LogP contribution in [0.1, 0.15) is 26.3 Å². The van der Waals surface area contributed by atoms with E-state index in [1.807, 2.05) is 19.1 Å². The topological polar surface area (TPSA) is 67.6 Å². The molecule has 1 aliphatic heterocycles. The average molecular weight is 293 g/mol. The van der Waals surface area contributed by atoms with Crippen LogP contribution >= 0.6 is 0 Å². The van der Waals surface area contributed by atoms with Crippen molar-refractivity contribution < 1.29 is 9.66 Å². The summed E-state index contributed by atoms with van der Waals surface area (Å²) < 4.78 is 5.72. The molecular formula is C15H23N3O3. The van der Waals surface area contributed by atoms with E-state index in [-0.39, 0.29) is 22.8 Å². The number of rotatable bonds is 5. The van der Waals surface area contributed by atoms with E-state index in [2.05, 4.69) is 24.1 Å². The third kappa shape index (κ3) is 4.15. The lowest BCUT2D eigenvalue weighted by molar-refractivity contribution is -0.384. The van der Waals surface area contributed by atoms with Crippen LogP contribution in [0.4, 0.5) is 11.4 Å². The number of ether oxygens (including phenoxy) is 1. The van der Waals surface area contributed by atoms with Crippen molar-refractivity contribution in [3.8, 4) is 0 Å². The predicted molar refractivity (Wildman–Crippen MR) is 82.5 cm³/mol. The maximum absolute atomic E-state index is 11.0. The highest BCUT2D eigenvalue weighted by Gasteiger charge is 2.22. The van der Waals surface area contributed by atoms with Gasteiger partial charge in [0.05, 0.1) is 17.1 Å². The third-order valence-electron chi connectivity index (χ3n) is 3.53. The largest absolute Gasteiger partial charge is 0.380 e. The van der Waals surface area contributed by atoms with E-state index in [9.17, 15) is 10.1 Å². The quantitative estimate of drug-likeness (QED) is 0.667. The Morgan fingerprint density at radius 1 is 1.38 bits per heavy atom. The first-order valence-electron chi connectivity index (χ1n) is 7.38. The van der Waals surface area contributed by atoms with Gasteiger partial charge in [-0.3, -0.25) is 15.0 Å². The molecule has 0 amide bonds. The summed E-state index contributed by atoms with van der Waals surface area (Å²) in [5.41, 5.74) is 1.80. The number of morpholine rings is 1. The summed E-state index contributed by atoms with van der Waals surface area (Å²) in [5, 5.41) is 14.1. The Kier molecular flexibility index (Phi) is 5.14. The van der Waals surface area contributed by atoms with Gasteiger partial charge in [0.2, 0.25) is 0 Å². The van der Waals surface area contributed by atoms with Crippen LogP contribution in [0.5, 0.6) is 0 Å². The van der Waals surface area contributed by atoms with E-state index in [1.54, 1.807) is 6.07 Å². The van der Waals surface area contributed by atoms with E-state index in [0.29, 0.717) is 12.2 Å². The van der Waals surface area contributed by atoms with Crippen molar-refractivity contribution in [3.05, 3.63) is 33.9 Å². The summed E-state index contributed by atoms with van der Waals surface area (Å²) in [6.45, 7) is 9.30. The van der Waals surface area contributed by atoms with Crippen molar-refractivity contribution in [3.63, 3.8) is 0 Å². The molecule has 0 spiro atoms. The molecule has 2 rings (SSSR count). The highest BCUT2D eigenvalue weighted by Crippen LogP contribution is 2.26. The van der Waals surface area contributed by atoms with Crippen molar-refractivity contribution in [2.75, 3.05) is 25.0 Å². The van der Waals surface area contributed by atoms with E-state index >= 15 is 0 Å². The maximum Gasteiger partial charge on any atom is 0.292 e. The molecule has 2 atom stereocenters. The second-order valence-corrected chi connectivity index (χ2v) is 5.59. The zero-order valence-electron chi connectivity index (χ0n) is 12.8. The van der Waals surface area contributed by atoms with Gasteiger partial charge in [-0.25, -0.2) is 0 Å². The zero-order chi connectivity index (χ0) is 15.4. The predicted octanol–water partition coefficient (Wildman–Crippen LogP) is 2.64. The molecule has 116 valence electrons. The monoisotopic (exact) mass is 293 g/mol. The lowest BCUT2D eigenvalue weighted by Crippen LogP contribution is -2.44. The summed E-state index contributed by atoms with van der Waals surface area (Å²) in [6, 6.07) is 5.30. The highest BCUT2D eigenvalue weighted by atomic mass is 16.6. The molecule has 0 saturated carbocycles. The Balaban J connectivity index is 2.13. The number of benzene rings is 1. The van der Waals surface area contributed by atoms with E-state index in [4.69, 9.17) is 4.74 Å². The second-order valence-electron chi connectivity index (χ2n) is 5.59. The van der Waals surface area contributed by atoms with Gasteiger partial charge in [-0.05, 0) is 32.4 Å². The van der Waals surface area contributed by atoms with Crippen molar-refractivity contribution in [1.29, 1.82) is 0 Å². The standard InChI is InChI=1S/C15H23N3O3/c1-4-16-14-7-13(5-6-15(14)18(19)20)10-17-8-11(2)21-12(3)9-17/h5-7,11-12,16H,4,8-10H2,1-3H3/t11-,12+. The van der Waals surface area contributed by atoms with Crippen LogP contribution in [0, 0.1) is 10.1 Å². The first kappa shape index (κ1) is 15.7. The number of anilines is 1. The Labute approximate surface area is 125 Å². The molecule has 0 unspecified atom stereocenters. The van der Waals surface area contributed by atoms with Gasteiger partial charge in [0.25, 0.3) is 5.69 Å². The highest BCUT2D eigenvalue weighted by molar-refractivity contribution is 5.62. The van der Waals surface area contributed by atoms with E-state index in [0.717, 1.165) is 25.2 Å². The molecule has 1 aromatic carbocycles. The number of hydrogen-bond acceptors (Lipinski definition) is 5. The van der Waals surface area contributed by atoms with Crippen LogP contribution in [0.2, 0.25) is 0 Å². The Morgan fingerprint density at radius 3 is 2.62 bits per heavy atom. The van der Waals surface area contributed by atoms with Crippen LogP contribution < -0.4 is 5.32 Å². The SMILES string of the molecule is CCNc1cc(CN2C[C@@H](C)O[C@@H](C)C2)ccc1[N+](=O)[O-]. The molecule has 0 radical (unpaired) electrons. The minimum atomic E-state index is -0.347. The van der Waals surface area contributed by atoms with E-state index in [1.165, 1.54) is 0 Å². The van der Waals surface area contributed by atoms with Crippen molar-refractivity contribution in [2.24, 2.45) is 0 Å². The first-order valence-corrected chi connectivity index (χ1v) is 7.38. The maximum atomic E-state index is 11.0. The van der Waals surface area contributed by atoms with Crippen LogP contribution in [-0.4, -0.2) is 41.7 Å². The molecule has 1 saturated heterocycles. The molecule has 0 aliphatic carbocycles. The van der Waals surface area contributed by atoms with Gasteiger partial charge in [0.1, 0.15) is 5.69 Å². The summed E-state index contributed by atoms with van der Waals surface area (Å²) in [6.07, 6.45) is 0.445. The van der Waals surface area contributed by atoms with Gasteiger partial charge in [-0.1, -0.05) is 6.07 Å². The van der Waals surface area contributed by atoms with Crippen LogP contribution in [0.15, 0.2) is 18.2 Å². The van der Waals surface area contributed by atoms with Gasteiger partial charge >= 0.3 is 0 Å². The molecule has 0 aromatic heterocycles. The van der Waals surface area contributed by atoms with Gasteiger partial charge < -0.3 is 10.1 Å². The Hall–Kier alpha value is -1.66. The normalized spacial score (nSPS) is 23.0. The summed E-state index contributed by atoms with van der Waals surface area (Å²) in [7, 11) is 0. The second kappa shape index (κ2) is 6.87. The molecule has 6 nitrogen and oxygen atoms in total. The van der Waals surface area contributed by atoms with Gasteiger partial charge in [0.15, 0.2) is 0 Å². The molecule has 21 heavy (non-hydrogen) atoms. The molecule has 1 aliphatic rings. The molecular weight excluding hydrogens is 270 g/mol. The van der Waals surface area contributed by atoms with Crippen LogP contribution in [-0.2, 0) is 11.3 Å². The van der Waals surface area contributed by atoms with Crippen molar-refractivity contribution in [1.82, 2.24) is 4.90 Å². The fourth-order valence-corrected chi connectivity index (χ4v) is 2.84. The molecule has 1 N–H and O–H groups in total. The fraction of sp³-hybridized carbons (Fsp3) is 0.600. The fourth-order valence-electron chi connectivity index (χ4n) is 2.84. The number of nitro groups is 1. The van der Waals surface area contributed by atoms with Gasteiger partial charge in [-0.2, -0.15) is 0 Å². The van der Waals surface area contributed by atoms with Crippen molar-refractivity contribution in [2.45, 2.75) is 39.5 Å². The van der Waals surface area contributed by atoms with E-state index < -0.39 is 0 Å². The summed E-state index contributed by atoms with van der Waals surface area (Å²) in [4.78, 5) is 13.0. The minimum Gasteiger partial charge on any atom is -0.380 e. The smallest absolute Gasteiger partial charge is 0.292 e. The van der Waals surface area contributed by atoms with Crippen molar-refractivity contribution >= 4 is 11.4 Å². The Morgan fingerprint density at radius 2 is 2.05 bits per heavy atom. The van der Waals surface area contributed by atoms with Gasteiger partial charge in [0, 0.05) is 32.2 Å². The van der Waals surface area contributed by atoms with Crippen LogP contribution in [0.25, 0.3) is 0 Å². The lowest BCUT2D eigenvalue weighted by atomic mass is 10.1. The molecule has 1 aromatic rings.